The molecule has 1 aromatic carbocycles. The molecule has 1 saturated heterocycles. The lowest BCUT2D eigenvalue weighted by molar-refractivity contribution is 0.0617. The average molecular weight is 300 g/mol. The Labute approximate surface area is 125 Å². The smallest absolute Gasteiger partial charge is 0.144 e. The van der Waals surface area contributed by atoms with Crippen LogP contribution in [0.2, 0.25) is 5.02 Å². The SMILES string of the molecule is CC(C)NCC1(Cc2cccc(Cl)c2F)CCOC1C. The van der Waals surface area contributed by atoms with Gasteiger partial charge < -0.3 is 10.1 Å². The number of hydrogen-bond donors (Lipinski definition) is 1. The Morgan fingerprint density at radius 2 is 2.25 bits per heavy atom. The molecule has 0 spiro atoms. The lowest BCUT2D eigenvalue weighted by atomic mass is 9.76. The minimum absolute atomic E-state index is 0.0597. The third-order valence-electron chi connectivity index (χ3n) is 4.27. The van der Waals surface area contributed by atoms with E-state index in [1.807, 2.05) is 12.1 Å². The van der Waals surface area contributed by atoms with Gasteiger partial charge in [-0.1, -0.05) is 37.6 Å². The predicted octanol–water partition coefficient (Wildman–Crippen LogP) is 3.81. The molecule has 0 aromatic heterocycles. The highest BCUT2D eigenvalue weighted by molar-refractivity contribution is 6.30. The largest absolute Gasteiger partial charge is 0.378 e. The summed E-state index contributed by atoms with van der Waals surface area (Å²) in [5, 5.41) is 3.67. The second-order valence-electron chi connectivity index (χ2n) is 6.05. The summed E-state index contributed by atoms with van der Waals surface area (Å²) >= 11 is 5.89. The van der Waals surface area contributed by atoms with Gasteiger partial charge in [0.1, 0.15) is 5.82 Å². The van der Waals surface area contributed by atoms with E-state index >= 15 is 0 Å². The van der Waals surface area contributed by atoms with Gasteiger partial charge in [-0.05, 0) is 31.4 Å². The average Bonchev–Trinajstić information content (AvgIpc) is 2.75. The van der Waals surface area contributed by atoms with E-state index in [0.29, 0.717) is 18.0 Å². The number of nitrogens with one attached hydrogen (secondary N) is 1. The fraction of sp³-hybridized carbons (Fsp3) is 0.625. The third kappa shape index (κ3) is 3.33. The van der Waals surface area contributed by atoms with Crippen molar-refractivity contribution in [1.29, 1.82) is 0 Å². The van der Waals surface area contributed by atoms with E-state index in [1.54, 1.807) is 6.07 Å². The van der Waals surface area contributed by atoms with E-state index in [0.717, 1.165) is 19.6 Å². The van der Waals surface area contributed by atoms with Crippen LogP contribution in [0.25, 0.3) is 0 Å². The number of rotatable bonds is 5. The molecule has 4 heteroatoms. The molecular formula is C16H23ClFNO. The van der Waals surface area contributed by atoms with Crippen molar-refractivity contribution in [2.24, 2.45) is 5.41 Å². The molecule has 1 N–H and O–H groups in total. The number of hydrogen-bond acceptors (Lipinski definition) is 2. The van der Waals surface area contributed by atoms with Gasteiger partial charge in [-0.3, -0.25) is 0 Å². The van der Waals surface area contributed by atoms with Gasteiger partial charge >= 0.3 is 0 Å². The highest BCUT2D eigenvalue weighted by Gasteiger charge is 2.41. The Bertz CT molecular complexity index is 466. The van der Waals surface area contributed by atoms with Crippen LogP contribution in [0.1, 0.15) is 32.8 Å². The lowest BCUT2D eigenvalue weighted by Crippen LogP contribution is -2.43. The quantitative estimate of drug-likeness (QED) is 0.892. The Kier molecular flexibility index (Phi) is 5.05. The number of benzene rings is 1. The Balaban J connectivity index is 2.22. The van der Waals surface area contributed by atoms with Crippen LogP contribution in [0, 0.1) is 11.2 Å². The Morgan fingerprint density at radius 1 is 1.50 bits per heavy atom. The first kappa shape index (κ1) is 15.7. The molecule has 1 fully saturated rings. The first-order chi connectivity index (χ1) is 9.44. The van der Waals surface area contributed by atoms with E-state index in [4.69, 9.17) is 16.3 Å². The zero-order valence-corrected chi connectivity index (χ0v) is 13.1. The van der Waals surface area contributed by atoms with Crippen LogP contribution in [0.15, 0.2) is 18.2 Å². The van der Waals surface area contributed by atoms with Gasteiger partial charge in [-0.2, -0.15) is 0 Å². The summed E-state index contributed by atoms with van der Waals surface area (Å²) in [6.07, 6.45) is 1.72. The molecule has 0 aliphatic carbocycles. The fourth-order valence-corrected chi connectivity index (χ4v) is 3.01. The molecular weight excluding hydrogens is 277 g/mol. The summed E-state index contributed by atoms with van der Waals surface area (Å²) in [6, 6.07) is 5.63. The molecule has 1 aliphatic heterocycles. The first-order valence-electron chi connectivity index (χ1n) is 7.22. The molecule has 2 atom stereocenters. The van der Waals surface area contributed by atoms with Crippen molar-refractivity contribution in [2.75, 3.05) is 13.2 Å². The predicted molar refractivity (Wildman–Crippen MR) is 80.7 cm³/mol. The lowest BCUT2D eigenvalue weighted by Gasteiger charge is -2.33. The zero-order valence-electron chi connectivity index (χ0n) is 12.4. The van der Waals surface area contributed by atoms with Gasteiger partial charge in [-0.15, -0.1) is 0 Å². The monoisotopic (exact) mass is 299 g/mol. The van der Waals surface area contributed by atoms with E-state index in [9.17, 15) is 4.39 Å². The van der Waals surface area contributed by atoms with Crippen molar-refractivity contribution in [3.8, 4) is 0 Å². The van der Waals surface area contributed by atoms with Crippen LogP contribution >= 0.6 is 11.6 Å². The van der Waals surface area contributed by atoms with Gasteiger partial charge in [0.25, 0.3) is 0 Å². The summed E-state index contributed by atoms with van der Waals surface area (Å²) < 4.78 is 19.9. The standard InChI is InChI=1S/C16H23ClFNO/c1-11(2)19-10-16(7-8-20-12(16)3)9-13-5-4-6-14(17)15(13)18/h4-6,11-12,19H,7-10H2,1-3H3. The van der Waals surface area contributed by atoms with E-state index in [2.05, 4.69) is 26.1 Å². The molecule has 2 nitrogen and oxygen atoms in total. The Morgan fingerprint density at radius 3 is 2.85 bits per heavy atom. The molecule has 0 amide bonds. The molecule has 2 rings (SSSR count). The second kappa shape index (κ2) is 6.42. The van der Waals surface area contributed by atoms with Crippen LogP contribution in [0.4, 0.5) is 4.39 Å². The van der Waals surface area contributed by atoms with Crippen LogP contribution in [0.3, 0.4) is 0 Å². The fourth-order valence-electron chi connectivity index (χ4n) is 2.82. The van der Waals surface area contributed by atoms with E-state index in [1.165, 1.54) is 0 Å². The van der Waals surface area contributed by atoms with E-state index in [-0.39, 0.29) is 22.4 Å². The molecule has 1 aliphatic rings. The van der Waals surface area contributed by atoms with E-state index < -0.39 is 0 Å². The number of halogens is 2. The molecule has 20 heavy (non-hydrogen) atoms. The highest BCUT2D eigenvalue weighted by Crippen LogP contribution is 2.39. The summed E-state index contributed by atoms with van der Waals surface area (Å²) in [7, 11) is 0. The molecule has 1 heterocycles. The maximum atomic E-state index is 14.2. The normalized spacial score (nSPS) is 26.4. The van der Waals surface area contributed by atoms with Crippen molar-refractivity contribution in [3.05, 3.63) is 34.6 Å². The summed E-state index contributed by atoms with van der Waals surface area (Å²) in [4.78, 5) is 0. The molecule has 0 bridgehead atoms. The molecule has 0 saturated carbocycles. The van der Waals surface area contributed by atoms with Gasteiger partial charge in [0, 0.05) is 24.6 Å². The van der Waals surface area contributed by atoms with Crippen molar-refractivity contribution < 1.29 is 9.13 Å². The van der Waals surface area contributed by atoms with Crippen molar-refractivity contribution >= 4 is 11.6 Å². The van der Waals surface area contributed by atoms with Gasteiger partial charge in [0.05, 0.1) is 11.1 Å². The van der Waals surface area contributed by atoms with Gasteiger partial charge in [-0.25, -0.2) is 4.39 Å². The minimum atomic E-state index is -0.294. The molecule has 1 aromatic rings. The van der Waals surface area contributed by atoms with Gasteiger partial charge in [0.2, 0.25) is 0 Å². The Hall–Kier alpha value is -0.640. The van der Waals surface area contributed by atoms with Crippen LogP contribution in [-0.4, -0.2) is 25.3 Å². The maximum Gasteiger partial charge on any atom is 0.144 e. The van der Waals surface area contributed by atoms with Crippen LogP contribution in [0.5, 0.6) is 0 Å². The van der Waals surface area contributed by atoms with Crippen molar-refractivity contribution in [1.82, 2.24) is 5.32 Å². The van der Waals surface area contributed by atoms with Crippen molar-refractivity contribution in [3.63, 3.8) is 0 Å². The third-order valence-corrected chi connectivity index (χ3v) is 4.56. The zero-order chi connectivity index (χ0) is 14.8. The van der Waals surface area contributed by atoms with Crippen LogP contribution < -0.4 is 5.32 Å². The second-order valence-corrected chi connectivity index (χ2v) is 6.46. The molecule has 2 unspecified atom stereocenters. The topological polar surface area (TPSA) is 21.3 Å². The first-order valence-corrected chi connectivity index (χ1v) is 7.60. The summed E-state index contributed by atoms with van der Waals surface area (Å²) in [6.45, 7) is 7.89. The van der Waals surface area contributed by atoms with Crippen LogP contribution in [-0.2, 0) is 11.2 Å². The van der Waals surface area contributed by atoms with Crippen molar-refractivity contribution in [2.45, 2.75) is 45.8 Å². The molecule has 112 valence electrons. The highest BCUT2D eigenvalue weighted by atomic mass is 35.5. The summed E-state index contributed by atoms with van der Waals surface area (Å²) in [5.74, 6) is -0.294. The maximum absolute atomic E-state index is 14.2. The van der Waals surface area contributed by atoms with Gasteiger partial charge in [0.15, 0.2) is 0 Å². The minimum Gasteiger partial charge on any atom is -0.378 e. The summed E-state index contributed by atoms with van der Waals surface area (Å²) in [5.41, 5.74) is 0.621. The number of ether oxygens (including phenoxy) is 1. The molecule has 0 radical (unpaired) electrons.